The van der Waals surface area contributed by atoms with Crippen LogP contribution < -0.4 is 0 Å². The van der Waals surface area contributed by atoms with Crippen LogP contribution in [0, 0.1) is 6.92 Å². The number of imidazole rings is 1. The van der Waals surface area contributed by atoms with Gasteiger partial charge in [-0.05, 0) is 18.5 Å². The Morgan fingerprint density at radius 2 is 2.25 bits per heavy atom. The summed E-state index contributed by atoms with van der Waals surface area (Å²) in [5.74, 6) is 0. The summed E-state index contributed by atoms with van der Waals surface area (Å²) in [6.07, 6.45) is 3.48. The van der Waals surface area contributed by atoms with E-state index < -0.39 is 0 Å². The normalized spacial score (nSPS) is 9.83. The fraction of sp³-hybridized carbons (Fsp3) is 0.143. The van der Waals surface area contributed by atoms with E-state index in [2.05, 4.69) is 9.97 Å². The maximum absolute atomic E-state index is 5.82. The van der Waals surface area contributed by atoms with Crippen molar-refractivity contribution < 1.29 is 0 Å². The minimum Gasteiger partial charge on any atom is -0.274 e. The number of halogens is 2. The van der Waals surface area contributed by atoms with Gasteiger partial charge in [0.2, 0.25) is 5.28 Å². The van der Waals surface area contributed by atoms with Gasteiger partial charge in [-0.3, -0.25) is 4.40 Å². The maximum atomic E-state index is 5.82. The monoisotopic (exact) mass is 247 g/mol. The molecule has 0 aromatic carbocycles. The third-order valence-corrected chi connectivity index (χ3v) is 1.74. The first kappa shape index (κ1) is 9.48. The predicted octanol–water partition coefficient (Wildman–Crippen LogP) is 2.27. The summed E-state index contributed by atoms with van der Waals surface area (Å²) >= 11 is 5.82. The molecule has 3 nitrogen and oxygen atoms in total. The lowest BCUT2D eigenvalue weighted by Crippen LogP contribution is -1.91. The molecule has 2 aromatic rings. The molecular formula is C7H7BrClN3. The molecule has 64 valence electrons. The molecule has 0 unspecified atom stereocenters. The van der Waals surface area contributed by atoms with Crippen molar-refractivity contribution in [3.63, 3.8) is 0 Å². The van der Waals surface area contributed by atoms with E-state index in [1.165, 1.54) is 0 Å². The number of nitrogens with zero attached hydrogens (tertiary/aromatic N) is 3. The van der Waals surface area contributed by atoms with Gasteiger partial charge >= 0.3 is 0 Å². The van der Waals surface area contributed by atoms with Gasteiger partial charge in [0.15, 0.2) is 0 Å². The zero-order chi connectivity index (χ0) is 7.84. The Morgan fingerprint density at radius 1 is 1.50 bits per heavy atom. The van der Waals surface area contributed by atoms with Gasteiger partial charge in [0.1, 0.15) is 5.65 Å². The van der Waals surface area contributed by atoms with Gasteiger partial charge in [0.05, 0.1) is 0 Å². The Balaban J connectivity index is 0.000000720. The molecule has 2 heterocycles. The van der Waals surface area contributed by atoms with Crippen molar-refractivity contribution in [2.75, 3.05) is 0 Å². The quantitative estimate of drug-likeness (QED) is 0.670. The molecule has 0 radical (unpaired) electrons. The SMILES string of the molecule is Br.Cc1cc2nccn2c(Cl)n1. The number of fused-ring (bicyclic) bond motifs is 1. The summed E-state index contributed by atoms with van der Waals surface area (Å²) in [5.41, 5.74) is 1.72. The summed E-state index contributed by atoms with van der Waals surface area (Å²) in [6.45, 7) is 1.89. The fourth-order valence-electron chi connectivity index (χ4n) is 0.996. The molecule has 0 aliphatic heterocycles. The lowest BCUT2D eigenvalue weighted by molar-refractivity contribution is 1.05. The van der Waals surface area contributed by atoms with Gasteiger partial charge in [0, 0.05) is 24.2 Å². The Kier molecular flexibility index (Phi) is 2.69. The Labute approximate surface area is 85.2 Å². The summed E-state index contributed by atoms with van der Waals surface area (Å²) in [4.78, 5) is 8.14. The molecule has 2 aromatic heterocycles. The van der Waals surface area contributed by atoms with Crippen LogP contribution >= 0.6 is 28.6 Å². The summed E-state index contributed by atoms with van der Waals surface area (Å²) < 4.78 is 1.73. The van der Waals surface area contributed by atoms with E-state index in [9.17, 15) is 0 Å². The van der Waals surface area contributed by atoms with Crippen LogP contribution in [0.1, 0.15) is 5.69 Å². The van der Waals surface area contributed by atoms with E-state index in [4.69, 9.17) is 11.6 Å². The second kappa shape index (κ2) is 3.41. The Hall–Kier alpha value is -0.610. The molecule has 2 rings (SSSR count). The molecule has 0 fully saturated rings. The number of aromatic nitrogens is 3. The van der Waals surface area contributed by atoms with Crippen molar-refractivity contribution in [2.24, 2.45) is 0 Å². The molecule has 0 saturated carbocycles. The van der Waals surface area contributed by atoms with Gasteiger partial charge in [-0.15, -0.1) is 17.0 Å². The van der Waals surface area contributed by atoms with Crippen LogP contribution in [0.15, 0.2) is 18.5 Å². The van der Waals surface area contributed by atoms with Gasteiger partial charge in [0.25, 0.3) is 0 Å². The molecule has 0 amide bonds. The predicted molar refractivity (Wildman–Crippen MR) is 53.1 cm³/mol. The van der Waals surface area contributed by atoms with Gasteiger partial charge in [-0.2, -0.15) is 0 Å². The first-order valence-corrected chi connectivity index (χ1v) is 3.61. The number of hydrogen-bond acceptors (Lipinski definition) is 2. The smallest absolute Gasteiger partial charge is 0.208 e. The third-order valence-electron chi connectivity index (χ3n) is 1.47. The largest absolute Gasteiger partial charge is 0.274 e. The first-order chi connectivity index (χ1) is 5.27. The summed E-state index contributed by atoms with van der Waals surface area (Å²) in [7, 11) is 0. The highest BCUT2D eigenvalue weighted by molar-refractivity contribution is 8.93. The lowest BCUT2D eigenvalue weighted by Gasteiger charge is -1.96. The molecule has 5 heteroatoms. The van der Waals surface area contributed by atoms with E-state index in [0.29, 0.717) is 5.28 Å². The second-order valence-electron chi connectivity index (χ2n) is 2.32. The molecule has 0 aliphatic rings. The first-order valence-electron chi connectivity index (χ1n) is 3.23. The molecular weight excluding hydrogens is 241 g/mol. The standard InChI is InChI=1S/C7H6ClN3.BrH/c1-5-4-6-9-2-3-11(6)7(8)10-5;/h2-4H,1H3;1H. The Morgan fingerprint density at radius 3 is 3.00 bits per heavy atom. The minimum absolute atomic E-state index is 0. The molecule has 0 bridgehead atoms. The topological polar surface area (TPSA) is 30.2 Å². The van der Waals surface area contributed by atoms with Crippen molar-refractivity contribution in [3.8, 4) is 0 Å². The molecule has 0 aliphatic carbocycles. The summed E-state index contributed by atoms with van der Waals surface area (Å²) in [6, 6.07) is 1.88. The van der Waals surface area contributed by atoms with Crippen LogP contribution in [0.25, 0.3) is 5.65 Å². The lowest BCUT2D eigenvalue weighted by atomic mass is 10.4. The van der Waals surface area contributed by atoms with Crippen LogP contribution in [0.4, 0.5) is 0 Å². The van der Waals surface area contributed by atoms with Crippen LogP contribution in [-0.4, -0.2) is 14.4 Å². The minimum atomic E-state index is 0. The van der Waals surface area contributed by atoms with Crippen molar-refractivity contribution in [2.45, 2.75) is 6.92 Å². The molecule has 0 atom stereocenters. The van der Waals surface area contributed by atoms with Crippen molar-refractivity contribution in [3.05, 3.63) is 29.4 Å². The average Bonchev–Trinajstić information content (AvgIpc) is 2.34. The Bertz CT molecular complexity index is 398. The molecule has 0 saturated heterocycles. The second-order valence-corrected chi connectivity index (χ2v) is 2.66. The molecule has 0 spiro atoms. The summed E-state index contributed by atoms with van der Waals surface area (Å²) in [5, 5.41) is 0.456. The zero-order valence-corrected chi connectivity index (χ0v) is 8.83. The van der Waals surface area contributed by atoms with Crippen LogP contribution in [0.5, 0.6) is 0 Å². The number of rotatable bonds is 0. The van der Waals surface area contributed by atoms with E-state index in [1.807, 2.05) is 13.0 Å². The maximum Gasteiger partial charge on any atom is 0.208 e. The highest BCUT2D eigenvalue weighted by Crippen LogP contribution is 2.09. The van der Waals surface area contributed by atoms with Crippen molar-refractivity contribution in [1.82, 2.24) is 14.4 Å². The molecule has 0 N–H and O–H groups in total. The molecule has 12 heavy (non-hydrogen) atoms. The van der Waals surface area contributed by atoms with Crippen LogP contribution in [-0.2, 0) is 0 Å². The van der Waals surface area contributed by atoms with E-state index in [1.54, 1.807) is 16.8 Å². The van der Waals surface area contributed by atoms with E-state index in [0.717, 1.165) is 11.3 Å². The van der Waals surface area contributed by atoms with Gasteiger partial charge in [-0.1, -0.05) is 0 Å². The van der Waals surface area contributed by atoms with Gasteiger partial charge in [-0.25, -0.2) is 9.97 Å². The van der Waals surface area contributed by atoms with Crippen LogP contribution in [0.2, 0.25) is 5.28 Å². The van der Waals surface area contributed by atoms with E-state index in [-0.39, 0.29) is 17.0 Å². The average molecular weight is 249 g/mol. The van der Waals surface area contributed by atoms with Gasteiger partial charge < -0.3 is 0 Å². The van der Waals surface area contributed by atoms with Crippen molar-refractivity contribution in [1.29, 1.82) is 0 Å². The zero-order valence-electron chi connectivity index (χ0n) is 6.36. The van der Waals surface area contributed by atoms with Crippen molar-refractivity contribution >= 4 is 34.2 Å². The highest BCUT2D eigenvalue weighted by atomic mass is 79.9. The fourth-order valence-corrected chi connectivity index (χ4v) is 1.27. The van der Waals surface area contributed by atoms with E-state index >= 15 is 0 Å². The number of hydrogen-bond donors (Lipinski definition) is 0. The van der Waals surface area contributed by atoms with Crippen LogP contribution in [0.3, 0.4) is 0 Å². The highest BCUT2D eigenvalue weighted by Gasteiger charge is 1.99. The third kappa shape index (κ3) is 1.44. The number of aryl methyl sites for hydroxylation is 1.